The van der Waals surface area contributed by atoms with Crippen LogP contribution in [0.2, 0.25) is 0 Å². The molecule has 80 valence electrons. The normalized spacial score (nSPS) is 17.1. The third kappa shape index (κ3) is 1.15. The Morgan fingerprint density at radius 3 is 2.62 bits per heavy atom. The lowest BCUT2D eigenvalue weighted by molar-refractivity contribution is 0.898. The van der Waals surface area contributed by atoms with Crippen LogP contribution in [0.15, 0.2) is 36.4 Å². The van der Waals surface area contributed by atoms with Gasteiger partial charge in [0.15, 0.2) is 0 Å². The van der Waals surface area contributed by atoms with Gasteiger partial charge in [-0.05, 0) is 41.7 Å². The quantitative estimate of drug-likeness (QED) is 0.707. The van der Waals surface area contributed by atoms with Gasteiger partial charge in [0.2, 0.25) is 0 Å². The van der Waals surface area contributed by atoms with Gasteiger partial charge in [-0.25, -0.2) is 0 Å². The lowest BCUT2D eigenvalue weighted by Gasteiger charge is -2.06. The van der Waals surface area contributed by atoms with E-state index in [-0.39, 0.29) is 6.04 Å². The summed E-state index contributed by atoms with van der Waals surface area (Å²) in [5.41, 5.74) is 14.1. The van der Waals surface area contributed by atoms with Crippen LogP contribution < -0.4 is 5.73 Å². The molecule has 0 fully saturated rings. The highest BCUT2D eigenvalue weighted by Gasteiger charge is 2.26. The summed E-state index contributed by atoms with van der Waals surface area (Å²) in [5.74, 6) is 0. The van der Waals surface area contributed by atoms with E-state index in [4.69, 9.17) is 5.73 Å². The van der Waals surface area contributed by atoms with Gasteiger partial charge in [0.05, 0.1) is 6.04 Å². The molecule has 0 spiro atoms. The van der Waals surface area contributed by atoms with E-state index in [0.29, 0.717) is 0 Å². The Morgan fingerprint density at radius 1 is 1.00 bits per heavy atom. The van der Waals surface area contributed by atoms with Crippen molar-refractivity contribution in [1.82, 2.24) is 0 Å². The standard InChI is InChI=1S/C15H15N/c1-9-6-7-11-13(8-9)15(16)12-5-3-4-10(2)14(11)12/h3-8,15H,16H2,1-2H3. The van der Waals surface area contributed by atoms with Crippen LogP contribution in [0.5, 0.6) is 0 Å². The molecule has 0 aliphatic heterocycles. The zero-order valence-electron chi connectivity index (χ0n) is 9.62. The van der Waals surface area contributed by atoms with Crippen molar-refractivity contribution in [2.75, 3.05) is 0 Å². The first-order valence-electron chi connectivity index (χ1n) is 5.64. The molecule has 1 aliphatic carbocycles. The predicted octanol–water partition coefficient (Wildman–Crippen LogP) is 3.33. The van der Waals surface area contributed by atoms with Crippen molar-refractivity contribution in [1.29, 1.82) is 0 Å². The number of benzene rings is 2. The summed E-state index contributed by atoms with van der Waals surface area (Å²) in [7, 11) is 0. The SMILES string of the molecule is Cc1ccc2c(c1)C(N)c1cccc(C)c1-2. The van der Waals surface area contributed by atoms with E-state index in [1.54, 1.807) is 0 Å². The first-order valence-corrected chi connectivity index (χ1v) is 5.64. The maximum absolute atomic E-state index is 6.30. The average Bonchev–Trinajstić information content (AvgIpc) is 2.55. The molecule has 0 heterocycles. The van der Waals surface area contributed by atoms with Crippen LogP contribution in [0.3, 0.4) is 0 Å². The van der Waals surface area contributed by atoms with Gasteiger partial charge in [0, 0.05) is 0 Å². The van der Waals surface area contributed by atoms with Gasteiger partial charge in [-0.3, -0.25) is 0 Å². The Hall–Kier alpha value is -1.60. The summed E-state index contributed by atoms with van der Waals surface area (Å²) in [6.45, 7) is 4.27. The topological polar surface area (TPSA) is 26.0 Å². The van der Waals surface area contributed by atoms with E-state index in [9.17, 15) is 0 Å². The van der Waals surface area contributed by atoms with Crippen LogP contribution >= 0.6 is 0 Å². The maximum Gasteiger partial charge on any atom is 0.0564 e. The van der Waals surface area contributed by atoms with Gasteiger partial charge in [0.25, 0.3) is 0 Å². The highest BCUT2D eigenvalue weighted by molar-refractivity contribution is 5.81. The molecule has 2 N–H and O–H groups in total. The lowest BCUT2D eigenvalue weighted by Crippen LogP contribution is -2.08. The molecule has 3 rings (SSSR count). The molecule has 0 aromatic heterocycles. The van der Waals surface area contributed by atoms with Gasteiger partial charge in [-0.1, -0.05) is 42.0 Å². The fourth-order valence-corrected chi connectivity index (χ4v) is 2.65. The van der Waals surface area contributed by atoms with Crippen LogP contribution in [-0.4, -0.2) is 0 Å². The van der Waals surface area contributed by atoms with E-state index in [1.165, 1.54) is 33.4 Å². The van der Waals surface area contributed by atoms with E-state index in [2.05, 4.69) is 50.2 Å². The summed E-state index contributed by atoms with van der Waals surface area (Å²) < 4.78 is 0. The monoisotopic (exact) mass is 209 g/mol. The highest BCUT2D eigenvalue weighted by atomic mass is 14.7. The van der Waals surface area contributed by atoms with Crippen molar-refractivity contribution in [3.05, 3.63) is 58.7 Å². The van der Waals surface area contributed by atoms with Gasteiger partial charge in [-0.15, -0.1) is 0 Å². The molecule has 0 radical (unpaired) electrons. The molecule has 2 aromatic rings. The number of aryl methyl sites for hydroxylation is 2. The Morgan fingerprint density at radius 2 is 1.81 bits per heavy atom. The molecule has 2 aromatic carbocycles. The number of fused-ring (bicyclic) bond motifs is 3. The maximum atomic E-state index is 6.30. The van der Waals surface area contributed by atoms with Crippen molar-refractivity contribution in [2.24, 2.45) is 5.73 Å². The van der Waals surface area contributed by atoms with E-state index < -0.39 is 0 Å². The van der Waals surface area contributed by atoms with Crippen LogP contribution in [0.25, 0.3) is 11.1 Å². The fraction of sp³-hybridized carbons (Fsp3) is 0.200. The second-order valence-corrected chi connectivity index (χ2v) is 4.61. The van der Waals surface area contributed by atoms with Crippen LogP contribution in [0.1, 0.15) is 28.3 Å². The minimum absolute atomic E-state index is 0.0461. The Kier molecular flexibility index (Phi) is 1.92. The third-order valence-corrected chi connectivity index (χ3v) is 3.45. The zero-order valence-corrected chi connectivity index (χ0v) is 9.62. The lowest BCUT2D eigenvalue weighted by atomic mass is 10.00. The zero-order chi connectivity index (χ0) is 11.3. The van der Waals surface area contributed by atoms with Gasteiger partial charge in [-0.2, -0.15) is 0 Å². The van der Waals surface area contributed by atoms with Crippen molar-refractivity contribution < 1.29 is 0 Å². The molecule has 1 atom stereocenters. The first kappa shape index (κ1) is 9.61. The Labute approximate surface area is 95.9 Å². The molecule has 16 heavy (non-hydrogen) atoms. The van der Waals surface area contributed by atoms with Gasteiger partial charge in [0.1, 0.15) is 0 Å². The number of rotatable bonds is 0. The molecule has 1 heteroatoms. The second kappa shape index (κ2) is 3.19. The van der Waals surface area contributed by atoms with E-state index >= 15 is 0 Å². The van der Waals surface area contributed by atoms with Crippen molar-refractivity contribution in [3.63, 3.8) is 0 Å². The van der Waals surface area contributed by atoms with Crippen molar-refractivity contribution in [3.8, 4) is 11.1 Å². The summed E-state index contributed by atoms with van der Waals surface area (Å²) in [6.07, 6.45) is 0. The van der Waals surface area contributed by atoms with Crippen LogP contribution in [-0.2, 0) is 0 Å². The minimum Gasteiger partial charge on any atom is -0.320 e. The molecule has 0 amide bonds. The summed E-state index contributed by atoms with van der Waals surface area (Å²) >= 11 is 0. The second-order valence-electron chi connectivity index (χ2n) is 4.61. The Bertz CT molecular complexity index is 570. The van der Waals surface area contributed by atoms with Gasteiger partial charge >= 0.3 is 0 Å². The molecule has 1 nitrogen and oxygen atoms in total. The summed E-state index contributed by atoms with van der Waals surface area (Å²) in [6, 6.07) is 13.0. The molecule has 0 bridgehead atoms. The average molecular weight is 209 g/mol. The number of hydrogen-bond acceptors (Lipinski definition) is 1. The highest BCUT2D eigenvalue weighted by Crippen LogP contribution is 2.43. The number of nitrogens with two attached hydrogens (primary N) is 1. The van der Waals surface area contributed by atoms with Gasteiger partial charge < -0.3 is 5.73 Å². The molecule has 1 unspecified atom stereocenters. The molecule has 0 saturated carbocycles. The van der Waals surface area contributed by atoms with Crippen molar-refractivity contribution >= 4 is 0 Å². The summed E-state index contributed by atoms with van der Waals surface area (Å²) in [4.78, 5) is 0. The Balaban J connectivity index is 2.36. The minimum atomic E-state index is 0.0461. The molecule has 1 aliphatic rings. The van der Waals surface area contributed by atoms with Crippen LogP contribution in [0, 0.1) is 13.8 Å². The molecular weight excluding hydrogens is 194 g/mol. The molecule has 0 saturated heterocycles. The van der Waals surface area contributed by atoms with Crippen LogP contribution in [0.4, 0.5) is 0 Å². The smallest absolute Gasteiger partial charge is 0.0564 e. The van der Waals surface area contributed by atoms with E-state index in [1.807, 2.05) is 0 Å². The first-order chi connectivity index (χ1) is 7.68. The fourth-order valence-electron chi connectivity index (χ4n) is 2.65. The van der Waals surface area contributed by atoms with E-state index in [0.717, 1.165) is 0 Å². The summed E-state index contributed by atoms with van der Waals surface area (Å²) in [5, 5.41) is 0. The largest absolute Gasteiger partial charge is 0.320 e. The third-order valence-electron chi connectivity index (χ3n) is 3.45. The molecular formula is C15H15N. The van der Waals surface area contributed by atoms with Crippen molar-refractivity contribution in [2.45, 2.75) is 19.9 Å². The number of hydrogen-bond donors (Lipinski definition) is 1. The predicted molar refractivity (Wildman–Crippen MR) is 67.4 cm³/mol.